The molecule has 180 valence electrons. The number of likely N-dealkylation sites (N-methyl/N-ethyl adjacent to an activating group) is 1. The number of nitrogens with zero attached hydrogens (tertiary/aromatic N) is 4. The Morgan fingerprint density at radius 1 is 1.09 bits per heavy atom. The zero-order valence-corrected chi connectivity index (χ0v) is 21.7. The van der Waals surface area contributed by atoms with Crippen LogP contribution in [0.25, 0.3) is 11.0 Å². The van der Waals surface area contributed by atoms with Crippen LogP contribution in [0.3, 0.4) is 0 Å². The number of nitrogens with one attached hydrogen (secondary N) is 3. The van der Waals surface area contributed by atoms with Gasteiger partial charge in [-0.05, 0) is 66.1 Å². The number of amides is 1. The predicted molar refractivity (Wildman–Crippen MR) is 143 cm³/mol. The monoisotopic (exact) mass is 525 g/mol. The number of para-hydroxylation sites is 1. The molecule has 1 aliphatic heterocycles. The lowest BCUT2D eigenvalue weighted by molar-refractivity contribution is -0.117. The first kappa shape index (κ1) is 25.6. The molecule has 0 bridgehead atoms. The fraction of sp³-hybridized carbons (Fsp3) is 0.360. The van der Waals surface area contributed by atoms with Gasteiger partial charge in [-0.15, -0.1) is 0 Å². The van der Waals surface area contributed by atoms with Gasteiger partial charge in [-0.3, -0.25) is 24.7 Å². The summed E-state index contributed by atoms with van der Waals surface area (Å²) in [5.41, 5.74) is 5.81. The van der Waals surface area contributed by atoms with Gasteiger partial charge >= 0.3 is 0 Å². The number of aromatic nitrogens is 2. The van der Waals surface area contributed by atoms with Gasteiger partial charge < -0.3 is 16.0 Å². The van der Waals surface area contributed by atoms with Crippen LogP contribution in [0.1, 0.15) is 25.0 Å². The molecular formula is C25H32BrN7O. The predicted octanol–water partition coefficient (Wildman–Crippen LogP) is 4.35. The highest BCUT2D eigenvalue weighted by Gasteiger charge is 2.11. The van der Waals surface area contributed by atoms with Crippen molar-refractivity contribution in [2.24, 2.45) is 4.99 Å². The zero-order valence-electron chi connectivity index (χ0n) is 20.2. The molecule has 34 heavy (non-hydrogen) atoms. The van der Waals surface area contributed by atoms with Crippen molar-refractivity contribution in [2.45, 2.75) is 27.7 Å². The molecule has 3 aromatic rings. The molecule has 1 aliphatic rings. The van der Waals surface area contributed by atoms with Gasteiger partial charge in [-0.25, -0.2) is 0 Å². The van der Waals surface area contributed by atoms with Crippen LogP contribution in [0.15, 0.2) is 52.2 Å². The maximum atomic E-state index is 11.9. The van der Waals surface area contributed by atoms with E-state index < -0.39 is 0 Å². The number of hydrogen-bond acceptors (Lipinski definition) is 7. The van der Waals surface area contributed by atoms with Crippen LogP contribution in [0.4, 0.5) is 11.4 Å². The van der Waals surface area contributed by atoms with Crippen molar-refractivity contribution in [3.05, 3.63) is 58.3 Å². The summed E-state index contributed by atoms with van der Waals surface area (Å²) in [5.74, 6) is 0.861. The van der Waals surface area contributed by atoms with Crippen molar-refractivity contribution in [1.82, 2.24) is 20.2 Å². The Hall–Kier alpha value is -3.04. The summed E-state index contributed by atoms with van der Waals surface area (Å²) in [6.45, 7) is 12.1. The molecule has 9 heteroatoms. The van der Waals surface area contributed by atoms with E-state index in [9.17, 15) is 4.79 Å². The topological polar surface area (TPSA) is 94.5 Å². The van der Waals surface area contributed by atoms with Crippen molar-refractivity contribution >= 4 is 50.2 Å². The Labute approximate surface area is 209 Å². The lowest BCUT2D eigenvalue weighted by atomic mass is 10.1. The molecule has 0 fully saturated rings. The highest BCUT2D eigenvalue weighted by Crippen LogP contribution is 2.29. The first-order valence-electron chi connectivity index (χ1n) is 11.5. The number of hydrogen-bond donors (Lipinski definition) is 3. The Bertz CT molecular complexity index is 1140. The number of benzene rings is 2. The van der Waals surface area contributed by atoms with Crippen molar-refractivity contribution in [3.63, 3.8) is 0 Å². The number of aliphatic imine (C=N–C) groups is 1. The van der Waals surface area contributed by atoms with Crippen LogP contribution in [0.2, 0.25) is 0 Å². The number of anilines is 2. The minimum Gasteiger partial charge on any atom is -0.354 e. The first-order valence-corrected chi connectivity index (χ1v) is 12.2. The minimum absolute atomic E-state index is 0.0612. The number of carbonyl (C=O) groups is 1. The summed E-state index contributed by atoms with van der Waals surface area (Å²) < 4.78 is 0.902. The number of carbonyl (C=O) groups excluding carboxylic acids is 1. The van der Waals surface area contributed by atoms with Crippen LogP contribution < -0.4 is 16.0 Å². The quantitative estimate of drug-likeness (QED) is 0.442. The molecule has 0 spiro atoms. The minimum atomic E-state index is 0.0612. The molecule has 3 N–H and O–H groups in total. The molecule has 0 saturated heterocycles. The fourth-order valence-corrected chi connectivity index (χ4v) is 4.09. The molecule has 0 atom stereocenters. The van der Waals surface area contributed by atoms with E-state index in [0.29, 0.717) is 6.54 Å². The molecule has 8 nitrogen and oxygen atoms in total. The smallest absolute Gasteiger partial charge is 0.238 e. The van der Waals surface area contributed by atoms with Gasteiger partial charge in [0.25, 0.3) is 0 Å². The number of halogens is 1. The third kappa shape index (κ3) is 6.74. The first-order chi connectivity index (χ1) is 16.4. The summed E-state index contributed by atoms with van der Waals surface area (Å²) in [6, 6.07) is 9.93. The Balaban J connectivity index is 0.000000191. The lowest BCUT2D eigenvalue weighted by Gasteiger charge is -2.18. The second kappa shape index (κ2) is 12.4. The van der Waals surface area contributed by atoms with Gasteiger partial charge in [-0.2, -0.15) is 0 Å². The maximum absolute atomic E-state index is 11.9. The van der Waals surface area contributed by atoms with Gasteiger partial charge in [0, 0.05) is 24.6 Å². The van der Waals surface area contributed by atoms with Crippen LogP contribution in [-0.4, -0.2) is 59.5 Å². The van der Waals surface area contributed by atoms with Gasteiger partial charge in [0.1, 0.15) is 5.52 Å². The summed E-state index contributed by atoms with van der Waals surface area (Å²) in [5, 5.41) is 9.38. The Kier molecular flexibility index (Phi) is 9.35. The third-order valence-electron chi connectivity index (χ3n) is 5.51. The van der Waals surface area contributed by atoms with Gasteiger partial charge in [-0.1, -0.05) is 32.0 Å². The average Bonchev–Trinajstić information content (AvgIpc) is 3.36. The van der Waals surface area contributed by atoms with E-state index >= 15 is 0 Å². The second-order valence-corrected chi connectivity index (χ2v) is 8.70. The molecule has 4 rings (SSSR count). The van der Waals surface area contributed by atoms with Crippen molar-refractivity contribution < 1.29 is 4.79 Å². The van der Waals surface area contributed by atoms with E-state index in [1.807, 2.05) is 44.2 Å². The number of guanidine groups is 1. The molecular weight excluding hydrogens is 494 g/mol. The van der Waals surface area contributed by atoms with Crippen LogP contribution in [0, 0.1) is 13.8 Å². The Morgan fingerprint density at radius 3 is 2.44 bits per heavy atom. The summed E-state index contributed by atoms with van der Waals surface area (Å²) in [7, 11) is 0. The second-order valence-electron chi connectivity index (χ2n) is 7.91. The molecule has 0 aliphatic carbocycles. The van der Waals surface area contributed by atoms with E-state index in [2.05, 4.69) is 65.6 Å². The lowest BCUT2D eigenvalue weighted by Crippen LogP contribution is -2.33. The van der Waals surface area contributed by atoms with Gasteiger partial charge in [0.05, 0.1) is 28.8 Å². The third-order valence-corrected chi connectivity index (χ3v) is 6.32. The highest BCUT2D eigenvalue weighted by atomic mass is 79.9. The molecule has 1 aromatic heterocycles. The average molecular weight is 526 g/mol. The van der Waals surface area contributed by atoms with E-state index in [4.69, 9.17) is 0 Å². The Morgan fingerprint density at radius 2 is 1.79 bits per heavy atom. The molecule has 1 amide bonds. The molecule has 0 unspecified atom stereocenters. The SMILES string of the molecule is Brc1c(NC2=NCCN2)ccc2nccnc12.CCN(CC)CC(=O)Nc1c(C)cccc1C. The fourth-order valence-electron chi connectivity index (χ4n) is 3.55. The molecule has 0 saturated carbocycles. The normalized spacial score (nSPS) is 12.6. The summed E-state index contributed by atoms with van der Waals surface area (Å²) >= 11 is 3.54. The highest BCUT2D eigenvalue weighted by molar-refractivity contribution is 9.10. The van der Waals surface area contributed by atoms with Crippen molar-refractivity contribution in [1.29, 1.82) is 0 Å². The van der Waals surface area contributed by atoms with Gasteiger partial charge in [0.15, 0.2) is 5.96 Å². The summed E-state index contributed by atoms with van der Waals surface area (Å²) in [6.07, 6.45) is 3.37. The van der Waals surface area contributed by atoms with Crippen LogP contribution in [0.5, 0.6) is 0 Å². The van der Waals surface area contributed by atoms with E-state index in [1.165, 1.54) is 0 Å². The van der Waals surface area contributed by atoms with E-state index in [0.717, 1.165) is 70.1 Å². The standard InChI is InChI=1S/C14H22N2O.C11H10BrN5/c1-5-16(6-2)10-13(17)15-14-11(3)8-7-9-12(14)4;12-9-7(17-11-15-5-6-16-11)1-2-8-10(9)14-4-3-13-8/h7-9H,5-6,10H2,1-4H3,(H,15,17);1-4H,5-6H2,(H2,15,16,17). The molecule has 2 aromatic carbocycles. The number of fused-ring (bicyclic) bond motifs is 1. The maximum Gasteiger partial charge on any atom is 0.238 e. The van der Waals surface area contributed by atoms with Crippen LogP contribution in [-0.2, 0) is 4.79 Å². The van der Waals surface area contributed by atoms with E-state index in [-0.39, 0.29) is 5.91 Å². The van der Waals surface area contributed by atoms with Crippen LogP contribution >= 0.6 is 15.9 Å². The molecule has 2 heterocycles. The number of aryl methyl sites for hydroxylation is 2. The largest absolute Gasteiger partial charge is 0.354 e. The summed E-state index contributed by atoms with van der Waals surface area (Å²) in [4.78, 5) is 26.8. The van der Waals surface area contributed by atoms with Gasteiger partial charge in [0.2, 0.25) is 5.91 Å². The number of rotatable bonds is 6. The van der Waals surface area contributed by atoms with Crippen molar-refractivity contribution in [3.8, 4) is 0 Å². The van der Waals surface area contributed by atoms with E-state index in [1.54, 1.807) is 12.4 Å². The zero-order chi connectivity index (χ0) is 24.5. The van der Waals surface area contributed by atoms with Crippen molar-refractivity contribution in [2.75, 3.05) is 43.4 Å². The molecule has 0 radical (unpaired) electrons.